The zero-order valence-electron chi connectivity index (χ0n) is 12.6. The summed E-state index contributed by atoms with van der Waals surface area (Å²) in [5.74, 6) is 2.74. The van der Waals surface area contributed by atoms with E-state index in [2.05, 4.69) is 23.5 Å². The van der Waals surface area contributed by atoms with Gasteiger partial charge in [-0.1, -0.05) is 18.2 Å². The number of nitrogens with one attached hydrogen (secondary N) is 1. The van der Waals surface area contributed by atoms with Crippen LogP contribution in [-0.4, -0.2) is 27.0 Å². The Morgan fingerprint density at radius 1 is 1.00 bits per heavy atom. The van der Waals surface area contributed by atoms with Gasteiger partial charge in [0.05, 0.1) is 14.2 Å². The second-order valence-electron chi connectivity index (χ2n) is 4.57. The molecule has 1 unspecified atom stereocenters. The van der Waals surface area contributed by atoms with E-state index in [-0.39, 0.29) is 6.04 Å². The first-order valence-electron chi connectivity index (χ1n) is 6.85. The minimum absolute atomic E-state index is 0.244. The molecular weight excluding hydrogens is 282 g/mol. The molecule has 0 saturated heterocycles. The lowest BCUT2D eigenvalue weighted by atomic mass is 10.1. The van der Waals surface area contributed by atoms with Crippen LogP contribution in [0.25, 0.3) is 0 Å². The van der Waals surface area contributed by atoms with E-state index >= 15 is 0 Å². The zero-order chi connectivity index (χ0) is 15.1. The summed E-state index contributed by atoms with van der Waals surface area (Å²) in [7, 11) is 5.37. The van der Waals surface area contributed by atoms with Gasteiger partial charge in [0, 0.05) is 22.3 Å². The number of ether oxygens (including phenoxy) is 2. The van der Waals surface area contributed by atoms with Crippen molar-refractivity contribution in [3.05, 3.63) is 54.1 Å². The fourth-order valence-electron chi connectivity index (χ4n) is 2.13. The standard InChI is InChI=1S/C17H21NO2S/c1-18-16(15-6-4-5-7-17(15)20-3)12-21-14-10-8-13(19-2)9-11-14/h4-11,16,18H,12H2,1-3H3. The SMILES string of the molecule is CNC(CSc1ccc(OC)cc1)c1ccccc1OC. The Labute approximate surface area is 130 Å². The molecule has 0 heterocycles. The number of methoxy groups -OCH3 is 2. The summed E-state index contributed by atoms with van der Waals surface area (Å²) in [5, 5.41) is 3.36. The first kappa shape index (κ1) is 15.7. The second-order valence-corrected chi connectivity index (χ2v) is 5.66. The van der Waals surface area contributed by atoms with Crippen LogP contribution >= 0.6 is 11.8 Å². The van der Waals surface area contributed by atoms with Crippen molar-refractivity contribution < 1.29 is 9.47 Å². The van der Waals surface area contributed by atoms with Crippen LogP contribution in [-0.2, 0) is 0 Å². The van der Waals surface area contributed by atoms with Gasteiger partial charge in [-0.3, -0.25) is 0 Å². The monoisotopic (exact) mass is 303 g/mol. The Morgan fingerprint density at radius 3 is 2.33 bits per heavy atom. The maximum absolute atomic E-state index is 5.44. The fraction of sp³-hybridized carbons (Fsp3) is 0.294. The number of benzene rings is 2. The molecule has 2 aromatic carbocycles. The van der Waals surface area contributed by atoms with Crippen molar-refractivity contribution in [2.24, 2.45) is 0 Å². The lowest BCUT2D eigenvalue weighted by Gasteiger charge is -2.19. The van der Waals surface area contributed by atoms with Gasteiger partial charge in [0.15, 0.2) is 0 Å². The molecule has 0 aliphatic carbocycles. The molecule has 2 aromatic rings. The molecule has 4 heteroatoms. The number of hydrogen-bond donors (Lipinski definition) is 1. The van der Waals surface area contributed by atoms with Crippen molar-refractivity contribution in [3.8, 4) is 11.5 Å². The highest BCUT2D eigenvalue weighted by molar-refractivity contribution is 7.99. The van der Waals surface area contributed by atoms with Crippen molar-refractivity contribution >= 4 is 11.8 Å². The Hall–Kier alpha value is -1.65. The first-order valence-corrected chi connectivity index (χ1v) is 7.84. The summed E-state index contributed by atoms with van der Waals surface area (Å²) in [6.07, 6.45) is 0. The van der Waals surface area contributed by atoms with Crippen LogP contribution in [0.1, 0.15) is 11.6 Å². The van der Waals surface area contributed by atoms with E-state index in [9.17, 15) is 0 Å². The van der Waals surface area contributed by atoms with Gasteiger partial charge in [-0.05, 0) is 37.4 Å². The molecular formula is C17H21NO2S. The van der Waals surface area contributed by atoms with Gasteiger partial charge < -0.3 is 14.8 Å². The molecule has 0 fully saturated rings. The van der Waals surface area contributed by atoms with Crippen LogP contribution in [0.4, 0.5) is 0 Å². The van der Waals surface area contributed by atoms with Crippen LogP contribution in [0.15, 0.2) is 53.4 Å². The summed E-state index contributed by atoms with van der Waals surface area (Å²) < 4.78 is 10.6. The molecule has 0 aliphatic heterocycles. The largest absolute Gasteiger partial charge is 0.497 e. The molecule has 0 radical (unpaired) electrons. The topological polar surface area (TPSA) is 30.5 Å². The van der Waals surface area contributed by atoms with Gasteiger partial charge in [0.1, 0.15) is 11.5 Å². The molecule has 3 nitrogen and oxygen atoms in total. The maximum atomic E-state index is 5.44. The summed E-state index contributed by atoms with van der Waals surface area (Å²) in [5.41, 5.74) is 1.18. The average Bonchev–Trinajstić information content (AvgIpc) is 2.56. The van der Waals surface area contributed by atoms with Crippen LogP contribution in [0.2, 0.25) is 0 Å². The third kappa shape index (κ3) is 4.16. The van der Waals surface area contributed by atoms with E-state index in [1.54, 1.807) is 14.2 Å². The predicted molar refractivity (Wildman–Crippen MR) is 88.5 cm³/mol. The minimum Gasteiger partial charge on any atom is -0.497 e. The van der Waals surface area contributed by atoms with E-state index in [1.165, 1.54) is 10.5 Å². The van der Waals surface area contributed by atoms with Crippen LogP contribution in [0, 0.1) is 0 Å². The van der Waals surface area contributed by atoms with E-state index in [0.717, 1.165) is 17.3 Å². The van der Waals surface area contributed by atoms with Crippen LogP contribution < -0.4 is 14.8 Å². The van der Waals surface area contributed by atoms with Gasteiger partial charge in [0.2, 0.25) is 0 Å². The Bertz CT molecular complexity index is 557. The van der Waals surface area contributed by atoms with Crippen LogP contribution in [0.3, 0.4) is 0 Å². The predicted octanol–water partition coefficient (Wildman–Crippen LogP) is 3.76. The average molecular weight is 303 g/mol. The van der Waals surface area contributed by atoms with E-state index in [1.807, 2.05) is 49.1 Å². The van der Waals surface area contributed by atoms with E-state index in [4.69, 9.17) is 9.47 Å². The Morgan fingerprint density at radius 2 is 1.71 bits per heavy atom. The molecule has 112 valence electrons. The van der Waals surface area contributed by atoms with Gasteiger partial charge in [-0.25, -0.2) is 0 Å². The highest BCUT2D eigenvalue weighted by atomic mass is 32.2. The molecule has 1 N–H and O–H groups in total. The lowest BCUT2D eigenvalue weighted by molar-refractivity contribution is 0.404. The first-order chi connectivity index (χ1) is 10.3. The Balaban J connectivity index is 2.05. The summed E-state index contributed by atoms with van der Waals surface area (Å²) in [4.78, 5) is 1.23. The molecule has 0 spiro atoms. The van der Waals surface area contributed by atoms with Crippen molar-refractivity contribution in [3.63, 3.8) is 0 Å². The van der Waals surface area contributed by atoms with E-state index < -0.39 is 0 Å². The lowest BCUT2D eigenvalue weighted by Crippen LogP contribution is -2.19. The molecule has 21 heavy (non-hydrogen) atoms. The number of rotatable bonds is 7. The third-order valence-electron chi connectivity index (χ3n) is 3.34. The van der Waals surface area contributed by atoms with Crippen molar-refractivity contribution in [2.45, 2.75) is 10.9 Å². The minimum atomic E-state index is 0.244. The summed E-state index contributed by atoms with van der Waals surface area (Å²) in [6, 6.07) is 16.5. The fourth-order valence-corrected chi connectivity index (χ4v) is 3.17. The van der Waals surface area contributed by atoms with Gasteiger partial charge in [-0.2, -0.15) is 0 Å². The van der Waals surface area contributed by atoms with Crippen molar-refractivity contribution in [2.75, 3.05) is 27.0 Å². The van der Waals surface area contributed by atoms with E-state index in [0.29, 0.717) is 0 Å². The van der Waals surface area contributed by atoms with Gasteiger partial charge >= 0.3 is 0 Å². The molecule has 0 aliphatic rings. The molecule has 1 atom stereocenters. The maximum Gasteiger partial charge on any atom is 0.123 e. The normalized spacial score (nSPS) is 12.0. The molecule has 0 amide bonds. The summed E-state index contributed by atoms with van der Waals surface area (Å²) >= 11 is 1.81. The quantitative estimate of drug-likeness (QED) is 0.789. The second kappa shape index (κ2) is 7.96. The zero-order valence-corrected chi connectivity index (χ0v) is 13.4. The van der Waals surface area contributed by atoms with Gasteiger partial charge in [0.25, 0.3) is 0 Å². The molecule has 0 bridgehead atoms. The summed E-state index contributed by atoms with van der Waals surface area (Å²) in [6.45, 7) is 0. The van der Waals surface area contributed by atoms with Gasteiger partial charge in [-0.15, -0.1) is 11.8 Å². The number of thioether (sulfide) groups is 1. The smallest absolute Gasteiger partial charge is 0.123 e. The third-order valence-corrected chi connectivity index (χ3v) is 4.44. The van der Waals surface area contributed by atoms with Crippen LogP contribution in [0.5, 0.6) is 11.5 Å². The highest BCUT2D eigenvalue weighted by Gasteiger charge is 2.14. The van der Waals surface area contributed by atoms with Crippen molar-refractivity contribution in [1.29, 1.82) is 0 Å². The highest BCUT2D eigenvalue weighted by Crippen LogP contribution is 2.30. The molecule has 0 aromatic heterocycles. The molecule has 2 rings (SSSR count). The van der Waals surface area contributed by atoms with Crippen molar-refractivity contribution in [1.82, 2.24) is 5.32 Å². The number of para-hydroxylation sites is 1. The number of hydrogen-bond acceptors (Lipinski definition) is 4. The molecule has 0 saturated carbocycles. The Kier molecular flexibility index (Phi) is 5.96.